The molecule has 4 aromatic rings. The molecule has 0 aliphatic rings. The van der Waals surface area contributed by atoms with Crippen molar-refractivity contribution in [1.82, 2.24) is 19.7 Å². The summed E-state index contributed by atoms with van der Waals surface area (Å²) in [5.41, 5.74) is 8.15. The van der Waals surface area contributed by atoms with Gasteiger partial charge < -0.3 is 10.7 Å². The third-order valence-corrected chi connectivity index (χ3v) is 5.19. The predicted molar refractivity (Wildman–Crippen MR) is 110 cm³/mol. The van der Waals surface area contributed by atoms with Crippen molar-refractivity contribution in [2.24, 2.45) is 5.73 Å². The van der Waals surface area contributed by atoms with Crippen LogP contribution in [0.3, 0.4) is 0 Å². The Labute approximate surface area is 171 Å². The molecule has 2 amide bonds. The Morgan fingerprint density at radius 1 is 1.25 bits per heavy atom. The zero-order valence-corrected chi connectivity index (χ0v) is 16.6. The first kappa shape index (κ1) is 18.1. The molecule has 28 heavy (non-hydrogen) atoms. The molecule has 4 N–H and O–H groups in total. The lowest BCUT2D eigenvalue weighted by atomic mass is 10.2. The molecule has 3 aromatic heterocycles. The molecule has 0 spiro atoms. The zero-order valence-electron chi connectivity index (χ0n) is 14.2. The largest absolute Gasteiger partial charge is 0.364 e. The van der Waals surface area contributed by atoms with Gasteiger partial charge in [0, 0.05) is 27.8 Å². The molecule has 0 unspecified atom stereocenters. The predicted octanol–water partition coefficient (Wildman–Crippen LogP) is 3.44. The summed E-state index contributed by atoms with van der Waals surface area (Å²) in [5.74, 6) is -0.853. The van der Waals surface area contributed by atoms with E-state index in [9.17, 15) is 9.59 Å². The van der Waals surface area contributed by atoms with Crippen molar-refractivity contribution in [1.29, 1.82) is 0 Å². The molecular formula is C18H13BrN6O2S. The summed E-state index contributed by atoms with van der Waals surface area (Å²) in [6, 6.07) is 9.20. The number of anilines is 1. The van der Waals surface area contributed by atoms with E-state index in [4.69, 9.17) is 5.73 Å². The lowest BCUT2D eigenvalue weighted by Crippen LogP contribution is -2.11. The molecule has 0 bridgehead atoms. The van der Waals surface area contributed by atoms with Gasteiger partial charge in [0.15, 0.2) is 5.13 Å². The number of carbonyl (C=O) groups is 2. The molecule has 140 valence electrons. The standard InChI is InChI=1S/C18H13BrN6O2S/c19-12-1-3-13(4-2-12)25-8-11(7-22-25)17(27)24-18-23-15(9-28-18)10-5-14(16(20)26)21-6-10/h1-9,21H,(H2,20,26)(H,23,24,27). The Hall–Kier alpha value is -3.24. The van der Waals surface area contributed by atoms with Gasteiger partial charge in [0.05, 0.1) is 23.1 Å². The van der Waals surface area contributed by atoms with Gasteiger partial charge in [-0.1, -0.05) is 15.9 Å². The number of carbonyl (C=O) groups excluding carboxylic acids is 2. The van der Waals surface area contributed by atoms with Crippen molar-refractivity contribution in [3.8, 4) is 16.9 Å². The summed E-state index contributed by atoms with van der Waals surface area (Å²) < 4.78 is 2.59. The molecule has 8 nitrogen and oxygen atoms in total. The number of nitrogens with two attached hydrogens (primary N) is 1. The van der Waals surface area contributed by atoms with Crippen LogP contribution < -0.4 is 11.1 Å². The van der Waals surface area contributed by atoms with E-state index < -0.39 is 5.91 Å². The molecule has 0 aliphatic carbocycles. The number of nitrogens with zero attached hydrogens (tertiary/aromatic N) is 3. The number of halogens is 1. The minimum atomic E-state index is -0.544. The molecule has 3 heterocycles. The van der Waals surface area contributed by atoms with Crippen LogP contribution in [0.2, 0.25) is 0 Å². The number of H-pyrrole nitrogens is 1. The Morgan fingerprint density at radius 2 is 2.04 bits per heavy atom. The maximum absolute atomic E-state index is 12.5. The number of hydrogen-bond donors (Lipinski definition) is 3. The number of amides is 2. The molecule has 10 heteroatoms. The van der Waals surface area contributed by atoms with E-state index in [0.29, 0.717) is 27.6 Å². The van der Waals surface area contributed by atoms with Gasteiger partial charge in [-0.2, -0.15) is 5.10 Å². The van der Waals surface area contributed by atoms with Crippen LogP contribution in [0.4, 0.5) is 5.13 Å². The quantitative estimate of drug-likeness (QED) is 0.425. The number of nitrogens with one attached hydrogen (secondary N) is 2. The summed E-state index contributed by atoms with van der Waals surface area (Å²) in [5, 5.41) is 9.21. The second-order valence-electron chi connectivity index (χ2n) is 5.81. The van der Waals surface area contributed by atoms with Crippen LogP contribution in [0.25, 0.3) is 16.9 Å². The second-order valence-corrected chi connectivity index (χ2v) is 7.58. The molecular weight excluding hydrogens is 444 g/mol. The van der Waals surface area contributed by atoms with Crippen molar-refractivity contribution in [2.75, 3.05) is 5.32 Å². The van der Waals surface area contributed by atoms with Crippen molar-refractivity contribution in [3.05, 3.63) is 70.0 Å². The average Bonchev–Trinajstić information content (AvgIpc) is 3.42. The fourth-order valence-corrected chi connectivity index (χ4v) is 3.47. The van der Waals surface area contributed by atoms with Crippen molar-refractivity contribution < 1.29 is 9.59 Å². The van der Waals surface area contributed by atoms with E-state index in [-0.39, 0.29) is 5.91 Å². The first-order valence-corrected chi connectivity index (χ1v) is 9.73. The van der Waals surface area contributed by atoms with Crippen LogP contribution in [-0.2, 0) is 0 Å². The van der Waals surface area contributed by atoms with Gasteiger partial charge in [0.25, 0.3) is 11.8 Å². The lowest BCUT2D eigenvalue weighted by molar-refractivity contribution is 0.0994. The Bertz CT molecular complexity index is 1160. The van der Waals surface area contributed by atoms with E-state index in [1.165, 1.54) is 17.5 Å². The fraction of sp³-hybridized carbons (Fsp3) is 0. The van der Waals surface area contributed by atoms with Gasteiger partial charge in [0.2, 0.25) is 0 Å². The summed E-state index contributed by atoms with van der Waals surface area (Å²) in [6.07, 6.45) is 4.79. The van der Waals surface area contributed by atoms with Crippen LogP contribution >= 0.6 is 27.3 Å². The Kier molecular flexibility index (Phi) is 4.80. The van der Waals surface area contributed by atoms with Gasteiger partial charge in [-0.15, -0.1) is 11.3 Å². The van der Waals surface area contributed by atoms with Gasteiger partial charge >= 0.3 is 0 Å². The molecule has 4 rings (SSSR count). The zero-order chi connectivity index (χ0) is 19.7. The third-order valence-electron chi connectivity index (χ3n) is 3.90. The van der Waals surface area contributed by atoms with Crippen LogP contribution in [0.5, 0.6) is 0 Å². The summed E-state index contributed by atoms with van der Waals surface area (Å²) >= 11 is 4.67. The minimum absolute atomic E-state index is 0.300. The highest BCUT2D eigenvalue weighted by Gasteiger charge is 2.14. The van der Waals surface area contributed by atoms with E-state index in [1.54, 1.807) is 28.5 Å². The summed E-state index contributed by atoms with van der Waals surface area (Å²) in [4.78, 5) is 30.8. The molecule has 1 aromatic carbocycles. The number of thiazole rings is 1. The highest BCUT2D eigenvalue weighted by atomic mass is 79.9. The molecule has 0 atom stereocenters. The SMILES string of the molecule is NC(=O)c1cc(-c2csc(NC(=O)c3cnn(-c4ccc(Br)cc4)c3)n2)c[nH]1. The van der Waals surface area contributed by atoms with Crippen LogP contribution in [0.1, 0.15) is 20.8 Å². The molecule has 0 saturated carbocycles. The van der Waals surface area contributed by atoms with Crippen molar-refractivity contribution in [3.63, 3.8) is 0 Å². The highest BCUT2D eigenvalue weighted by Crippen LogP contribution is 2.26. The molecule has 0 radical (unpaired) electrons. The van der Waals surface area contributed by atoms with E-state index in [2.05, 4.69) is 36.3 Å². The normalized spacial score (nSPS) is 10.8. The smallest absolute Gasteiger partial charge is 0.265 e. The fourth-order valence-electron chi connectivity index (χ4n) is 2.49. The van der Waals surface area contributed by atoms with Gasteiger partial charge in [0.1, 0.15) is 5.69 Å². The number of hydrogen-bond acceptors (Lipinski definition) is 5. The minimum Gasteiger partial charge on any atom is -0.364 e. The Morgan fingerprint density at radius 3 is 2.75 bits per heavy atom. The molecule has 0 saturated heterocycles. The first-order valence-electron chi connectivity index (χ1n) is 8.06. The average molecular weight is 457 g/mol. The third kappa shape index (κ3) is 3.73. The monoisotopic (exact) mass is 456 g/mol. The van der Waals surface area contributed by atoms with Crippen LogP contribution in [0, 0.1) is 0 Å². The van der Waals surface area contributed by atoms with E-state index >= 15 is 0 Å². The number of benzene rings is 1. The number of rotatable bonds is 5. The molecule has 0 fully saturated rings. The highest BCUT2D eigenvalue weighted by molar-refractivity contribution is 9.10. The van der Waals surface area contributed by atoms with Gasteiger partial charge in [-0.25, -0.2) is 9.67 Å². The number of aromatic amines is 1. The maximum atomic E-state index is 12.5. The van der Waals surface area contributed by atoms with Gasteiger partial charge in [-0.3, -0.25) is 14.9 Å². The van der Waals surface area contributed by atoms with Crippen molar-refractivity contribution in [2.45, 2.75) is 0 Å². The van der Waals surface area contributed by atoms with Crippen LogP contribution in [0.15, 0.2) is 58.8 Å². The van der Waals surface area contributed by atoms with Gasteiger partial charge in [-0.05, 0) is 30.3 Å². The second kappa shape index (κ2) is 7.41. The van der Waals surface area contributed by atoms with E-state index in [0.717, 1.165) is 10.2 Å². The topological polar surface area (TPSA) is 119 Å². The number of primary amides is 1. The van der Waals surface area contributed by atoms with E-state index in [1.807, 2.05) is 24.3 Å². The Balaban J connectivity index is 1.47. The summed E-state index contributed by atoms with van der Waals surface area (Å²) in [7, 11) is 0. The lowest BCUT2D eigenvalue weighted by Gasteiger charge is -2.01. The van der Waals surface area contributed by atoms with Crippen molar-refractivity contribution >= 4 is 44.2 Å². The molecule has 0 aliphatic heterocycles. The maximum Gasteiger partial charge on any atom is 0.265 e. The first-order chi connectivity index (χ1) is 13.5. The summed E-state index contributed by atoms with van der Waals surface area (Å²) in [6.45, 7) is 0. The number of aromatic nitrogens is 4. The van der Waals surface area contributed by atoms with Crippen LogP contribution in [-0.4, -0.2) is 31.6 Å².